The molecule has 0 bridgehead atoms. The Bertz CT molecular complexity index is 181. The second-order valence-corrected chi connectivity index (χ2v) is 3.85. The third-order valence-electron chi connectivity index (χ3n) is 1.33. The topological polar surface area (TPSA) is 0 Å². The van der Waals surface area contributed by atoms with Crippen LogP contribution in [0.3, 0.4) is 0 Å². The number of thiophene rings is 1. The van der Waals surface area contributed by atoms with Crippen LogP contribution in [-0.2, 0) is 6.42 Å². The number of alkyl halides is 1. The Hall–Kier alpha value is 0.180. The quantitative estimate of drug-likeness (QED) is 0.651. The zero-order valence-electron chi connectivity index (χ0n) is 5.36. The van der Waals surface area contributed by atoms with Crippen molar-refractivity contribution in [2.24, 2.45) is 0 Å². The van der Waals surface area contributed by atoms with Crippen LogP contribution in [0.15, 0.2) is 11.4 Å². The van der Waals surface area contributed by atoms with Crippen molar-refractivity contribution in [3.8, 4) is 0 Å². The van der Waals surface area contributed by atoms with Gasteiger partial charge in [0.15, 0.2) is 0 Å². The summed E-state index contributed by atoms with van der Waals surface area (Å²) in [5, 5.41) is 3.22. The third kappa shape index (κ3) is 1.80. The Morgan fingerprint density at radius 3 is 2.89 bits per heavy atom. The fraction of sp³-hybridized carbons (Fsp3) is 0.429. The first-order valence-corrected chi connectivity index (χ1v) is 4.93. The number of aryl methyl sites for hydroxylation is 2. The molecule has 0 amide bonds. The molecule has 1 heterocycles. The fourth-order valence-electron chi connectivity index (χ4n) is 0.772. The van der Waals surface area contributed by atoms with Crippen LogP contribution in [0.2, 0.25) is 0 Å². The lowest BCUT2D eigenvalue weighted by Crippen LogP contribution is -1.82. The van der Waals surface area contributed by atoms with E-state index in [4.69, 9.17) is 0 Å². The summed E-state index contributed by atoms with van der Waals surface area (Å²) in [5.74, 6) is 0. The molecule has 0 atom stereocenters. The van der Waals surface area contributed by atoms with Crippen molar-refractivity contribution in [2.75, 3.05) is 5.33 Å². The summed E-state index contributed by atoms with van der Waals surface area (Å²) in [6.07, 6.45) is 1.16. The minimum atomic E-state index is 1.07. The third-order valence-corrected chi connectivity index (χ3v) is 2.61. The first kappa shape index (κ1) is 7.29. The molecule has 0 unspecified atom stereocenters. The molecule has 9 heavy (non-hydrogen) atoms. The maximum absolute atomic E-state index is 3.41. The van der Waals surface area contributed by atoms with E-state index in [1.807, 2.05) is 11.3 Å². The maximum atomic E-state index is 3.41. The summed E-state index contributed by atoms with van der Waals surface area (Å²) in [6.45, 7) is 2.17. The highest BCUT2D eigenvalue weighted by Crippen LogP contribution is 2.15. The van der Waals surface area contributed by atoms with Gasteiger partial charge in [-0.15, -0.1) is 11.3 Å². The molecule has 0 aliphatic rings. The lowest BCUT2D eigenvalue weighted by Gasteiger charge is -1.91. The van der Waals surface area contributed by atoms with Crippen LogP contribution in [0.25, 0.3) is 0 Å². The van der Waals surface area contributed by atoms with E-state index in [1.165, 1.54) is 10.4 Å². The van der Waals surface area contributed by atoms with E-state index in [0.717, 1.165) is 11.8 Å². The van der Waals surface area contributed by atoms with E-state index in [2.05, 4.69) is 34.3 Å². The Kier molecular flexibility index (Phi) is 2.73. The molecule has 0 radical (unpaired) electrons. The van der Waals surface area contributed by atoms with Crippen LogP contribution in [0.5, 0.6) is 0 Å². The molecule has 1 aromatic rings. The minimum absolute atomic E-state index is 1.07. The normalized spacial score (nSPS) is 10.0. The second kappa shape index (κ2) is 3.37. The molecule has 0 aliphatic carbocycles. The smallest absolute Gasteiger partial charge is 0.00722 e. The molecular formula is C7H9BrS. The predicted molar refractivity (Wildman–Crippen MR) is 46.6 cm³/mol. The molecule has 1 aromatic heterocycles. The lowest BCUT2D eigenvalue weighted by molar-refractivity contribution is 1.16. The largest absolute Gasteiger partial charge is 0.149 e. The van der Waals surface area contributed by atoms with Crippen LogP contribution >= 0.6 is 27.3 Å². The SMILES string of the molecule is Cc1sccc1CCBr. The molecule has 0 saturated carbocycles. The Balaban J connectivity index is 2.69. The number of halogens is 1. The van der Waals surface area contributed by atoms with Gasteiger partial charge in [0.25, 0.3) is 0 Å². The van der Waals surface area contributed by atoms with E-state index in [9.17, 15) is 0 Å². The van der Waals surface area contributed by atoms with Gasteiger partial charge in [-0.05, 0) is 30.4 Å². The molecule has 0 nitrogen and oxygen atoms in total. The van der Waals surface area contributed by atoms with Crippen molar-refractivity contribution in [1.29, 1.82) is 0 Å². The first-order chi connectivity index (χ1) is 4.34. The van der Waals surface area contributed by atoms with Crippen LogP contribution in [0.4, 0.5) is 0 Å². The summed E-state index contributed by atoms with van der Waals surface area (Å²) in [4.78, 5) is 1.45. The molecule has 50 valence electrons. The van der Waals surface area contributed by atoms with Gasteiger partial charge in [-0.2, -0.15) is 0 Å². The van der Waals surface area contributed by atoms with E-state index < -0.39 is 0 Å². The first-order valence-electron chi connectivity index (χ1n) is 2.93. The maximum Gasteiger partial charge on any atom is 0.00722 e. The van der Waals surface area contributed by atoms with Crippen molar-refractivity contribution in [2.45, 2.75) is 13.3 Å². The molecule has 0 aliphatic heterocycles. The summed E-state index contributed by atoms with van der Waals surface area (Å²) in [5.41, 5.74) is 1.48. The van der Waals surface area contributed by atoms with E-state index in [1.54, 1.807) is 0 Å². The second-order valence-electron chi connectivity index (χ2n) is 1.94. The van der Waals surface area contributed by atoms with Gasteiger partial charge in [0.1, 0.15) is 0 Å². The van der Waals surface area contributed by atoms with Gasteiger partial charge >= 0.3 is 0 Å². The van der Waals surface area contributed by atoms with Crippen molar-refractivity contribution in [1.82, 2.24) is 0 Å². The lowest BCUT2D eigenvalue weighted by atomic mass is 10.2. The molecule has 0 spiro atoms. The molecule has 0 N–H and O–H groups in total. The zero-order valence-corrected chi connectivity index (χ0v) is 7.76. The number of rotatable bonds is 2. The van der Waals surface area contributed by atoms with Gasteiger partial charge < -0.3 is 0 Å². The highest BCUT2D eigenvalue weighted by molar-refractivity contribution is 9.09. The van der Waals surface area contributed by atoms with Crippen molar-refractivity contribution < 1.29 is 0 Å². The molecule has 0 aromatic carbocycles. The van der Waals surface area contributed by atoms with Crippen LogP contribution < -0.4 is 0 Å². The van der Waals surface area contributed by atoms with E-state index in [-0.39, 0.29) is 0 Å². The van der Waals surface area contributed by atoms with E-state index in [0.29, 0.717) is 0 Å². The van der Waals surface area contributed by atoms with Crippen molar-refractivity contribution >= 4 is 27.3 Å². The molecule has 0 fully saturated rings. The van der Waals surface area contributed by atoms with Crippen molar-refractivity contribution in [3.05, 3.63) is 21.9 Å². The highest BCUT2D eigenvalue weighted by Gasteiger charge is 1.95. The monoisotopic (exact) mass is 204 g/mol. The zero-order chi connectivity index (χ0) is 6.69. The van der Waals surface area contributed by atoms with Gasteiger partial charge in [-0.25, -0.2) is 0 Å². The molecule has 2 heteroatoms. The van der Waals surface area contributed by atoms with Crippen molar-refractivity contribution in [3.63, 3.8) is 0 Å². The molecule has 1 rings (SSSR count). The summed E-state index contributed by atoms with van der Waals surface area (Å²) >= 11 is 5.23. The predicted octanol–water partition coefficient (Wildman–Crippen LogP) is 2.99. The summed E-state index contributed by atoms with van der Waals surface area (Å²) < 4.78 is 0. The van der Waals surface area contributed by atoms with Gasteiger partial charge in [0, 0.05) is 10.2 Å². The summed E-state index contributed by atoms with van der Waals surface area (Å²) in [6, 6.07) is 2.20. The van der Waals surface area contributed by atoms with Gasteiger partial charge in [0.05, 0.1) is 0 Å². The summed E-state index contributed by atoms with van der Waals surface area (Å²) in [7, 11) is 0. The van der Waals surface area contributed by atoms with Gasteiger partial charge in [0.2, 0.25) is 0 Å². The van der Waals surface area contributed by atoms with E-state index >= 15 is 0 Å². The average molecular weight is 205 g/mol. The minimum Gasteiger partial charge on any atom is -0.149 e. The molecular weight excluding hydrogens is 196 g/mol. The Morgan fingerprint density at radius 1 is 1.67 bits per heavy atom. The number of hydrogen-bond acceptors (Lipinski definition) is 1. The Morgan fingerprint density at radius 2 is 2.44 bits per heavy atom. The standard InChI is InChI=1S/C7H9BrS/c1-6-7(2-4-8)3-5-9-6/h3,5H,2,4H2,1H3. The van der Waals surface area contributed by atoms with Crippen LogP contribution in [0.1, 0.15) is 10.4 Å². The highest BCUT2D eigenvalue weighted by atomic mass is 79.9. The number of hydrogen-bond donors (Lipinski definition) is 0. The molecule has 0 saturated heterocycles. The van der Waals surface area contributed by atoms with Crippen LogP contribution in [-0.4, -0.2) is 5.33 Å². The Labute approximate surface area is 68.0 Å². The van der Waals surface area contributed by atoms with Gasteiger partial charge in [-0.1, -0.05) is 15.9 Å². The fourth-order valence-corrected chi connectivity index (χ4v) is 1.96. The van der Waals surface area contributed by atoms with Crippen LogP contribution in [0, 0.1) is 6.92 Å². The average Bonchev–Trinajstić information content (AvgIpc) is 2.18. The van der Waals surface area contributed by atoms with Gasteiger partial charge in [-0.3, -0.25) is 0 Å².